The number of carbonyl (C=O) groups is 1. The lowest BCUT2D eigenvalue weighted by atomic mass is 10.2. The summed E-state index contributed by atoms with van der Waals surface area (Å²) in [6.07, 6.45) is 0. The van der Waals surface area contributed by atoms with E-state index in [-0.39, 0.29) is 17.9 Å². The smallest absolute Gasteiger partial charge is 0.338 e. The fourth-order valence-electron chi connectivity index (χ4n) is 1.88. The molecule has 0 aliphatic heterocycles. The van der Waals surface area contributed by atoms with Gasteiger partial charge in [0.1, 0.15) is 12.4 Å². The van der Waals surface area contributed by atoms with Gasteiger partial charge in [0.2, 0.25) is 0 Å². The Bertz CT molecular complexity index is 637. The van der Waals surface area contributed by atoms with Gasteiger partial charge in [-0.1, -0.05) is 0 Å². The Labute approximate surface area is 116 Å². The van der Waals surface area contributed by atoms with Gasteiger partial charge in [0.15, 0.2) is 0 Å². The molecule has 0 saturated carbocycles. The predicted molar refractivity (Wildman–Crippen MR) is 72.6 cm³/mol. The van der Waals surface area contributed by atoms with E-state index < -0.39 is 11.8 Å². The normalized spacial score (nSPS) is 10.6. The zero-order valence-corrected chi connectivity index (χ0v) is 11.4. The van der Waals surface area contributed by atoms with E-state index in [9.17, 15) is 9.18 Å². The van der Waals surface area contributed by atoms with Crippen LogP contribution < -0.4 is 5.73 Å². The molecule has 1 aromatic heterocycles. The second-order valence-corrected chi connectivity index (χ2v) is 4.41. The molecular weight excluding hydrogens is 261 g/mol. The van der Waals surface area contributed by atoms with Crippen LogP contribution in [0.2, 0.25) is 0 Å². The number of nitrogen functional groups attached to an aromatic ring is 1. The Balaban J connectivity index is 2.06. The Morgan fingerprint density at radius 2 is 2.20 bits per heavy atom. The number of esters is 1. The van der Waals surface area contributed by atoms with Gasteiger partial charge in [-0.15, -0.1) is 0 Å². The Morgan fingerprint density at radius 3 is 2.85 bits per heavy atom. The first kappa shape index (κ1) is 14.0. The Hall–Kier alpha value is -2.37. The lowest BCUT2D eigenvalue weighted by Gasteiger charge is -2.07. The number of anilines is 1. The molecule has 1 heterocycles. The largest absolute Gasteiger partial charge is 0.456 e. The monoisotopic (exact) mass is 277 g/mol. The minimum absolute atomic E-state index is 0.0751. The van der Waals surface area contributed by atoms with Crippen molar-refractivity contribution in [2.75, 3.05) is 5.73 Å². The number of ether oxygens (including phenoxy) is 1. The highest BCUT2D eigenvalue weighted by molar-refractivity contribution is 5.90. The molecule has 0 atom stereocenters. The summed E-state index contributed by atoms with van der Waals surface area (Å²) < 4.78 is 20.0. The van der Waals surface area contributed by atoms with Gasteiger partial charge in [-0.3, -0.25) is 4.68 Å². The number of benzene rings is 1. The third-order valence-corrected chi connectivity index (χ3v) is 2.87. The van der Waals surface area contributed by atoms with Crippen molar-refractivity contribution in [2.24, 2.45) is 0 Å². The molecule has 0 radical (unpaired) electrons. The highest BCUT2D eigenvalue weighted by Gasteiger charge is 2.12. The van der Waals surface area contributed by atoms with Gasteiger partial charge in [-0.05, 0) is 38.1 Å². The second-order valence-electron chi connectivity index (χ2n) is 4.41. The van der Waals surface area contributed by atoms with Gasteiger partial charge < -0.3 is 10.5 Å². The van der Waals surface area contributed by atoms with Crippen molar-refractivity contribution in [3.8, 4) is 0 Å². The molecule has 0 bridgehead atoms. The number of hydrogen-bond acceptors (Lipinski definition) is 4. The first-order valence-corrected chi connectivity index (χ1v) is 6.26. The lowest BCUT2D eigenvalue weighted by Crippen LogP contribution is -2.10. The number of nitrogens with zero attached hydrogens (tertiary/aromatic N) is 2. The van der Waals surface area contributed by atoms with E-state index >= 15 is 0 Å². The molecule has 106 valence electrons. The fraction of sp³-hybridized carbons (Fsp3) is 0.286. The summed E-state index contributed by atoms with van der Waals surface area (Å²) >= 11 is 0. The van der Waals surface area contributed by atoms with Crippen LogP contribution in [0.15, 0.2) is 24.3 Å². The number of halogens is 1. The molecule has 0 amide bonds. The van der Waals surface area contributed by atoms with Crippen molar-refractivity contribution >= 4 is 11.7 Å². The minimum atomic E-state index is -0.554. The van der Waals surface area contributed by atoms with Gasteiger partial charge in [0.05, 0.1) is 22.6 Å². The molecule has 0 aliphatic rings. The first-order valence-electron chi connectivity index (χ1n) is 6.26. The van der Waals surface area contributed by atoms with Crippen LogP contribution in [-0.2, 0) is 17.9 Å². The molecule has 0 fully saturated rings. The van der Waals surface area contributed by atoms with Crippen LogP contribution >= 0.6 is 0 Å². The molecule has 0 aliphatic carbocycles. The van der Waals surface area contributed by atoms with Gasteiger partial charge in [0, 0.05) is 6.54 Å². The second kappa shape index (κ2) is 5.73. The van der Waals surface area contributed by atoms with Gasteiger partial charge in [0.25, 0.3) is 0 Å². The van der Waals surface area contributed by atoms with Crippen LogP contribution in [0.5, 0.6) is 0 Å². The maximum atomic E-state index is 13.0. The molecule has 20 heavy (non-hydrogen) atoms. The van der Waals surface area contributed by atoms with Crippen molar-refractivity contribution in [3.63, 3.8) is 0 Å². The van der Waals surface area contributed by atoms with Crippen molar-refractivity contribution < 1.29 is 13.9 Å². The number of carbonyl (C=O) groups excluding carboxylic acids is 1. The third-order valence-electron chi connectivity index (χ3n) is 2.87. The van der Waals surface area contributed by atoms with Crippen molar-refractivity contribution in [3.05, 3.63) is 47.0 Å². The molecule has 6 heteroatoms. The summed E-state index contributed by atoms with van der Waals surface area (Å²) in [4.78, 5) is 11.9. The molecule has 1 aromatic carbocycles. The zero-order valence-electron chi connectivity index (χ0n) is 11.4. The molecule has 0 spiro atoms. The van der Waals surface area contributed by atoms with Crippen molar-refractivity contribution in [1.82, 2.24) is 9.78 Å². The number of nitrogens with two attached hydrogens (primary N) is 1. The maximum absolute atomic E-state index is 13.0. The van der Waals surface area contributed by atoms with E-state index in [1.165, 1.54) is 12.1 Å². The number of aryl methyl sites for hydroxylation is 2. The highest BCUT2D eigenvalue weighted by atomic mass is 19.1. The summed E-state index contributed by atoms with van der Waals surface area (Å²) in [5.41, 5.74) is 7.25. The average Bonchev–Trinajstić information content (AvgIpc) is 2.79. The lowest BCUT2D eigenvalue weighted by molar-refractivity contribution is 0.0462. The van der Waals surface area contributed by atoms with Crippen molar-refractivity contribution in [1.29, 1.82) is 0 Å². The Morgan fingerprint density at radius 1 is 1.45 bits per heavy atom. The number of aromatic nitrogens is 2. The molecule has 0 unspecified atom stereocenters. The average molecular weight is 277 g/mol. The van der Waals surface area contributed by atoms with Crippen LogP contribution in [0, 0.1) is 12.7 Å². The third kappa shape index (κ3) is 2.96. The van der Waals surface area contributed by atoms with Gasteiger partial charge >= 0.3 is 5.97 Å². The summed E-state index contributed by atoms with van der Waals surface area (Å²) in [7, 11) is 0. The van der Waals surface area contributed by atoms with Crippen molar-refractivity contribution in [2.45, 2.75) is 27.0 Å². The van der Waals surface area contributed by atoms with E-state index in [1.54, 1.807) is 4.68 Å². The van der Waals surface area contributed by atoms with E-state index in [1.807, 2.05) is 19.9 Å². The fourth-order valence-corrected chi connectivity index (χ4v) is 1.88. The SMILES string of the molecule is CCn1nc(C)cc1COC(=O)c1ccc(F)c(N)c1. The molecule has 2 N–H and O–H groups in total. The number of rotatable bonds is 4. The highest BCUT2D eigenvalue weighted by Crippen LogP contribution is 2.14. The molecule has 2 aromatic rings. The molecular formula is C14H16FN3O2. The zero-order chi connectivity index (χ0) is 14.7. The summed E-state index contributed by atoms with van der Waals surface area (Å²) in [6.45, 7) is 4.64. The van der Waals surface area contributed by atoms with Gasteiger partial charge in [-0.2, -0.15) is 5.10 Å². The van der Waals surface area contributed by atoms with E-state index in [2.05, 4.69) is 5.10 Å². The van der Waals surface area contributed by atoms with Crippen LogP contribution in [0.4, 0.5) is 10.1 Å². The summed E-state index contributed by atoms with van der Waals surface area (Å²) in [5, 5.41) is 4.26. The quantitative estimate of drug-likeness (QED) is 0.687. The first-order chi connectivity index (χ1) is 9.51. The Kier molecular flexibility index (Phi) is 4.02. The van der Waals surface area contributed by atoms with Crippen LogP contribution in [0.25, 0.3) is 0 Å². The molecule has 2 rings (SSSR count). The van der Waals surface area contributed by atoms with E-state index in [0.717, 1.165) is 17.5 Å². The van der Waals surface area contributed by atoms with E-state index in [4.69, 9.17) is 10.5 Å². The standard InChI is InChI=1S/C14H16FN3O2/c1-3-18-11(6-9(2)17-18)8-20-14(19)10-4-5-12(15)13(16)7-10/h4-7H,3,8,16H2,1-2H3. The minimum Gasteiger partial charge on any atom is -0.456 e. The van der Waals surface area contributed by atoms with Crippen LogP contribution in [-0.4, -0.2) is 15.7 Å². The van der Waals surface area contributed by atoms with Gasteiger partial charge in [-0.25, -0.2) is 9.18 Å². The summed E-state index contributed by atoms with van der Waals surface area (Å²) in [5.74, 6) is -1.10. The maximum Gasteiger partial charge on any atom is 0.338 e. The topological polar surface area (TPSA) is 70.1 Å². The predicted octanol–water partition coefficient (Wildman–Crippen LogP) is 2.29. The van der Waals surface area contributed by atoms with Crippen LogP contribution in [0.1, 0.15) is 28.7 Å². The van der Waals surface area contributed by atoms with E-state index in [0.29, 0.717) is 6.54 Å². The summed E-state index contributed by atoms with van der Waals surface area (Å²) in [6, 6.07) is 5.61. The van der Waals surface area contributed by atoms with Crippen LogP contribution in [0.3, 0.4) is 0 Å². The molecule has 5 nitrogen and oxygen atoms in total. The number of hydrogen-bond donors (Lipinski definition) is 1. The molecule has 0 saturated heterocycles.